The molecule has 0 amide bonds. The summed E-state index contributed by atoms with van der Waals surface area (Å²) in [5.74, 6) is 1.49. The van der Waals surface area contributed by atoms with Crippen molar-refractivity contribution in [3.05, 3.63) is 59.3 Å². The summed E-state index contributed by atoms with van der Waals surface area (Å²) < 4.78 is 21.1. The number of ether oxygens (including phenoxy) is 4. The predicted molar refractivity (Wildman–Crippen MR) is 93.1 cm³/mol. The van der Waals surface area contributed by atoms with Gasteiger partial charge in [0.2, 0.25) is 5.90 Å². The summed E-state index contributed by atoms with van der Waals surface area (Å²) in [4.78, 5) is 16.5. The lowest BCUT2D eigenvalue weighted by atomic mass is 10.1. The number of carbonyl (C=O) groups is 1. The lowest BCUT2D eigenvalue weighted by molar-refractivity contribution is -0.129. The van der Waals surface area contributed by atoms with Gasteiger partial charge in [0.15, 0.2) is 5.70 Å². The maximum absolute atomic E-state index is 12.2. The Bertz CT molecular complexity index is 870. The quantitative estimate of drug-likeness (QED) is 0.619. The van der Waals surface area contributed by atoms with Crippen LogP contribution in [0.4, 0.5) is 0 Å². The Hall–Kier alpha value is -3.28. The second-order valence-electron chi connectivity index (χ2n) is 5.14. The number of rotatable bonds is 5. The van der Waals surface area contributed by atoms with E-state index in [1.165, 1.54) is 0 Å². The fourth-order valence-electron chi connectivity index (χ4n) is 2.43. The Balaban J connectivity index is 1.99. The molecule has 128 valence electrons. The molecule has 0 saturated carbocycles. The molecule has 0 radical (unpaired) electrons. The molecule has 2 aromatic carbocycles. The minimum absolute atomic E-state index is 0.185. The van der Waals surface area contributed by atoms with Crippen LogP contribution in [0.25, 0.3) is 6.08 Å². The zero-order valence-corrected chi connectivity index (χ0v) is 14.1. The van der Waals surface area contributed by atoms with Crippen molar-refractivity contribution in [2.24, 2.45) is 4.99 Å². The van der Waals surface area contributed by atoms with E-state index in [-0.39, 0.29) is 11.6 Å². The summed E-state index contributed by atoms with van der Waals surface area (Å²) in [6, 6.07) is 12.5. The van der Waals surface area contributed by atoms with E-state index < -0.39 is 5.97 Å². The highest BCUT2D eigenvalue weighted by Crippen LogP contribution is 2.29. The minimum Gasteiger partial charge on any atom is -0.497 e. The zero-order chi connectivity index (χ0) is 17.8. The Morgan fingerprint density at radius 1 is 0.960 bits per heavy atom. The molecule has 0 aromatic heterocycles. The van der Waals surface area contributed by atoms with Crippen molar-refractivity contribution in [3.8, 4) is 17.2 Å². The monoisotopic (exact) mass is 339 g/mol. The van der Waals surface area contributed by atoms with Crippen LogP contribution in [-0.2, 0) is 9.53 Å². The van der Waals surface area contributed by atoms with Gasteiger partial charge in [-0.2, -0.15) is 0 Å². The van der Waals surface area contributed by atoms with Gasteiger partial charge < -0.3 is 18.9 Å². The Kier molecular flexibility index (Phi) is 4.70. The maximum atomic E-state index is 12.2. The molecular weight excluding hydrogens is 322 g/mol. The fourth-order valence-corrected chi connectivity index (χ4v) is 2.43. The summed E-state index contributed by atoms with van der Waals surface area (Å²) in [6.07, 6.45) is 1.61. The normalized spacial score (nSPS) is 14.9. The van der Waals surface area contributed by atoms with Crippen LogP contribution in [0.15, 0.2) is 53.2 Å². The van der Waals surface area contributed by atoms with Crippen LogP contribution in [0.3, 0.4) is 0 Å². The number of nitrogens with zero attached hydrogens (tertiary/aromatic N) is 1. The molecule has 1 aliphatic rings. The van der Waals surface area contributed by atoms with Gasteiger partial charge in [-0.05, 0) is 30.3 Å². The first-order valence-corrected chi connectivity index (χ1v) is 7.54. The molecule has 6 nitrogen and oxygen atoms in total. The number of carbonyl (C=O) groups excluding carboxylic acids is 1. The summed E-state index contributed by atoms with van der Waals surface area (Å²) in [5.41, 5.74) is 1.49. The van der Waals surface area contributed by atoms with Crippen LogP contribution in [0, 0.1) is 0 Å². The van der Waals surface area contributed by atoms with E-state index in [0.717, 1.165) is 0 Å². The van der Waals surface area contributed by atoms with E-state index in [9.17, 15) is 4.79 Å². The van der Waals surface area contributed by atoms with E-state index in [0.29, 0.717) is 28.4 Å². The molecule has 3 rings (SSSR count). The smallest absolute Gasteiger partial charge is 0.363 e. The largest absolute Gasteiger partial charge is 0.497 e. The molecule has 0 unspecified atom stereocenters. The van der Waals surface area contributed by atoms with Gasteiger partial charge in [-0.1, -0.05) is 12.1 Å². The van der Waals surface area contributed by atoms with Crippen molar-refractivity contribution in [2.45, 2.75) is 0 Å². The number of aliphatic imine (C=N–C) groups is 1. The summed E-state index contributed by atoms with van der Waals surface area (Å²) in [6.45, 7) is 0. The lowest BCUT2D eigenvalue weighted by Gasteiger charge is -2.07. The highest BCUT2D eigenvalue weighted by molar-refractivity contribution is 6.13. The Morgan fingerprint density at radius 3 is 2.44 bits per heavy atom. The number of benzene rings is 2. The van der Waals surface area contributed by atoms with Crippen molar-refractivity contribution in [1.29, 1.82) is 0 Å². The van der Waals surface area contributed by atoms with Crippen molar-refractivity contribution in [3.63, 3.8) is 0 Å². The van der Waals surface area contributed by atoms with Crippen LogP contribution in [0.2, 0.25) is 0 Å². The zero-order valence-electron chi connectivity index (χ0n) is 14.1. The first kappa shape index (κ1) is 16.6. The summed E-state index contributed by atoms with van der Waals surface area (Å²) in [7, 11) is 4.67. The number of hydrogen-bond acceptors (Lipinski definition) is 6. The molecule has 0 aliphatic carbocycles. The molecular formula is C19H17NO5. The summed E-state index contributed by atoms with van der Waals surface area (Å²) >= 11 is 0. The first-order chi connectivity index (χ1) is 12.2. The van der Waals surface area contributed by atoms with Gasteiger partial charge in [-0.15, -0.1) is 0 Å². The first-order valence-electron chi connectivity index (χ1n) is 7.54. The van der Waals surface area contributed by atoms with Crippen LogP contribution < -0.4 is 14.2 Å². The molecule has 1 heterocycles. The third-order valence-electron chi connectivity index (χ3n) is 3.69. The predicted octanol–water partition coefficient (Wildman–Crippen LogP) is 3.06. The van der Waals surface area contributed by atoms with E-state index in [1.54, 1.807) is 57.7 Å². The van der Waals surface area contributed by atoms with Gasteiger partial charge in [-0.3, -0.25) is 0 Å². The van der Waals surface area contributed by atoms with Gasteiger partial charge in [0, 0.05) is 11.6 Å². The van der Waals surface area contributed by atoms with E-state index in [4.69, 9.17) is 18.9 Å². The number of cyclic esters (lactones) is 1. The molecule has 0 N–H and O–H groups in total. The van der Waals surface area contributed by atoms with E-state index in [2.05, 4.69) is 4.99 Å². The minimum atomic E-state index is -0.529. The average Bonchev–Trinajstić information content (AvgIpc) is 3.02. The van der Waals surface area contributed by atoms with Gasteiger partial charge in [0.25, 0.3) is 0 Å². The van der Waals surface area contributed by atoms with Gasteiger partial charge in [-0.25, -0.2) is 9.79 Å². The number of para-hydroxylation sites is 1. The topological polar surface area (TPSA) is 66.3 Å². The second-order valence-corrected chi connectivity index (χ2v) is 5.14. The van der Waals surface area contributed by atoms with Gasteiger partial charge in [0.1, 0.15) is 17.2 Å². The molecule has 6 heteroatoms. The molecule has 25 heavy (non-hydrogen) atoms. The molecule has 0 spiro atoms. The lowest BCUT2D eigenvalue weighted by Crippen LogP contribution is -2.06. The molecule has 0 atom stereocenters. The van der Waals surface area contributed by atoms with Crippen LogP contribution >= 0.6 is 0 Å². The molecule has 0 bridgehead atoms. The third-order valence-corrected chi connectivity index (χ3v) is 3.69. The molecule has 0 fully saturated rings. The number of esters is 1. The average molecular weight is 339 g/mol. The highest BCUT2D eigenvalue weighted by atomic mass is 16.6. The van der Waals surface area contributed by atoms with E-state index >= 15 is 0 Å². The maximum Gasteiger partial charge on any atom is 0.363 e. The third kappa shape index (κ3) is 3.33. The van der Waals surface area contributed by atoms with Crippen LogP contribution in [0.5, 0.6) is 17.2 Å². The number of methoxy groups -OCH3 is 3. The summed E-state index contributed by atoms with van der Waals surface area (Å²) in [5, 5.41) is 0. The van der Waals surface area contributed by atoms with Gasteiger partial charge in [0.05, 0.1) is 26.9 Å². The highest BCUT2D eigenvalue weighted by Gasteiger charge is 2.26. The van der Waals surface area contributed by atoms with E-state index in [1.807, 2.05) is 12.1 Å². The standard InChI is InChI=1S/C19H17NO5/c1-22-13-9-8-12(17(11-13)24-3)10-15-19(21)25-18(20-15)14-6-4-5-7-16(14)23-2/h4-11H,1-3H3. The second kappa shape index (κ2) is 7.09. The van der Waals surface area contributed by atoms with Gasteiger partial charge >= 0.3 is 5.97 Å². The number of hydrogen-bond donors (Lipinski definition) is 0. The van der Waals surface area contributed by atoms with Crippen LogP contribution in [0.1, 0.15) is 11.1 Å². The SMILES string of the molecule is COc1ccc(C=C2N=C(c3ccccc3OC)OC2=O)c(OC)c1. The Morgan fingerprint density at radius 2 is 1.72 bits per heavy atom. The fraction of sp³-hybridized carbons (Fsp3) is 0.158. The van der Waals surface area contributed by atoms with Crippen LogP contribution in [-0.4, -0.2) is 33.2 Å². The van der Waals surface area contributed by atoms with Crippen molar-refractivity contribution < 1.29 is 23.7 Å². The molecule has 0 saturated heterocycles. The molecule has 2 aromatic rings. The van der Waals surface area contributed by atoms with Crippen molar-refractivity contribution in [2.75, 3.05) is 21.3 Å². The molecule has 1 aliphatic heterocycles. The van der Waals surface area contributed by atoms with Crippen molar-refractivity contribution >= 4 is 17.9 Å². The van der Waals surface area contributed by atoms with Crippen molar-refractivity contribution in [1.82, 2.24) is 0 Å². The Labute approximate surface area is 145 Å².